The second-order valence-corrected chi connectivity index (χ2v) is 5.63. The molecule has 1 unspecified atom stereocenters. The molecule has 96 valence electrons. The molecule has 0 saturated heterocycles. The van der Waals surface area contributed by atoms with E-state index in [1.807, 2.05) is 6.07 Å². The molecule has 1 aliphatic carbocycles. The van der Waals surface area contributed by atoms with Crippen molar-refractivity contribution in [1.82, 2.24) is 0 Å². The van der Waals surface area contributed by atoms with Crippen molar-refractivity contribution in [2.45, 2.75) is 32.1 Å². The third-order valence-corrected chi connectivity index (χ3v) is 3.89. The molecule has 1 aromatic carbocycles. The van der Waals surface area contributed by atoms with Gasteiger partial charge in [-0.1, -0.05) is 13.0 Å². The predicted octanol–water partition coefficient (Wildman–Crippen LogP) is 2.95. The van der Waals surface area contributed by atoms with Crippen LogP contribution < -0.4 is 9.64 Å². The van der Waals surface area contributed by atoms with Crippen molar-refractivity contribution in [2.24, 2.45) is 5.92 Å². The van der Waals surface area contributed by atoms with Gasteiger partial charge in [0.15, 0.2) is 0 Å². The summed E-state index contributed by atoms with van der Waals surface area (Å²) in [6.45, 7) is 3.18. The Morgan fingerprint density at radius 2 is 2.17 bits per heavy atom. The van der Waals surface area contributed by atoms with E-state index >= 15 is 0 Å². The fourth-order valence-corrected chi connectivity index (χ4v) is 2.57. The summed E-state index contributed by atoms with van der Waals surface area (Å²) in [6.07, 6.45) is 3.19. The van der Waals surface area contributed by atoms with E-state index in [0.717, 1.165) is 29.5 Å². The molecule has 3 heteroatoms. The van der Waals surface area contributed by atoms with Crippen LogP contribution in [0.15, 0.2) is 18.2 Å². The molecule has 0 spiro atoms. The molecular formula is C15H19NO2. The van der Waals surface area contributed by atoms with E-state index in [4.69, 9.17) is 4.74 Å². The Bertz CT molecular complexity index is 479. The summed E-state index contributed by atoms with van der Waals surface area (Å²) in [5, 5.41) is 0. The van der Waals surface area contributed by atoms with Crippen molar-refractivity contribution in [3.05, 3.63) is 23.8 Å². The first-order valence-corrected chi connectivity index (χ1v) is 6.69. The maximum Gasteiger partial charge on any atom is 0.311 e. The highest BCUT2D eigenvalue weighted by atomic mass is 16.5. The number of hydrogen-bond donors (Lipinski definition) is 0. The van der Waals surface area contributed by atoms with Crippen LogP contribution in [0.25, 0.3) is 0 Å². The van der Waals surface area contributed by atoms with Crippen LogP contribution in [0.5, 0.6) is 5.75 Å². The number of fused-ring (bicyclic) bond motifs is 1. The summed E-state index contributed by atoms with van der Waals surface area (Å²) < 4.78 is 5.35. The average molecular weight is 245 g/mol. The number of benzene rings is 1. The lowest BCUT2D eigenvalue weighted by atomic mass is 9.94. The molecule has 0 aromatic heterocycles. The highest BCUT2D eigenvalue weighted by molar-refractivity contribution is 5.77. The molecule has 18 heavy (non-hydrogen) atoms. The zero-order valence-corrected chi connectivity index (χ0v) is 11.0. The molecule has 0 radical (unpaired) electrons. The topological polar surface area (TPSA) is 29.5 Å². The van der Waals surface area contributed by atoms with Crippen molar-refractivity contribution in [3.63, 3.8) is 0 Å². The van der Waals surface area contributed by atoms with Gasteiger partial charge in [-0.3, -0.25) is 4.79 Å². The number of nitrogens with zero attached hydrogens (tertiary/aromatic N) is 1. The van der Waals surface area contributed by atoms with Crippen LogP contribution in [-0.4, -0.2) is 19.6 Å². The summed E-state index contributed by atoms with van der Waals surface area (Å²) in [5.74, 6) is 1.76. The van der Waals surface area contributed by atoms with E-state index in [1.54, 1.807) is 0 Å². The molecular weight excluding hydrogens is 226 g/mol. The number of esters is 1. The van der Waals surface area contributed by atoms with Crippen molar-refractivity contribution in [3.8, 4) is 5.75 Å². The highest BCUT2D eigenvalue weighted by Crippen LogP contribution is 2.37. The summed E-state index contributed by atoms with van der Waals surface area (Å²) in [7, 11) is 2.11. The minimum Gasteiger partial charge on any atom is -0.426 e. The third kappa shape index (κ3) is 2.22. The second-order valence-electron chi connectivity index (χ2n) is 5.63. The van der Waals surface area contributed by atoms with E-state index in [1.165, 1.54) is 12.8 Å². The lowest BCUT2D eigenvalue weighted by Gasteiger charge is -2.25. The van der Waals surface area contributed by atoms with E-state index in [9.17, 15) is 4.79 Å². The molecule has 0 N–H and O–H groups in total. The molecule has 3 rings (SSSR count). The van der Waals surface area contributed by atoms with Gasteiger partial charge in [-0.15, -0.1) is 0 Å². The normalized spacial score (nSPS) is 22.3. The molecule has 0 amide bonds. The summed E-state index contributed by atoms with van der Waals surface area (Å²) in [5.41, 5.74) is 2.29. The van der Waals surface area contributed by atoms with Gasteiger partial charge in [-0.25, -0.2) is 0 Å². The molecule has 1 saturated carbocycles. The Hall–Kier alpha value is -1.51. The first-order chi connectivity index (χ1) is 8.63. The first kappa shape index (κ1) is 11.6. The van der Waals surface area contributed by atoms with Gasteiger partial charge in [0, 0.05) is 25.3 Å². The highest BCUT2D eigenvalue weighted by Gasteiger charge is 2.26. The van der Waals surface area contributed by atoms with Crippen molar-refractivity contribution >= 4 is 11.7 Å². The van der Waals surface area contributed by atoms with Crippen LogP contribution in [0.2, 0.25) is 0 Å². The quantitative estimate of drug-likeness (QED) is 0.605. The number of carbonyl (C=O) groups excluding carboxylic acids is 1. The van der Waals surface area contributed by atoms with Gasteiger partial charge in [-0.05, 0) is 36.3 Å². The Balaban J connectivity index is 1.84. The zero-order chi connectivity index (χ0) is 12.7. The molecule has 3 nitrogen and oxygen atoms in total. The van der Waals surface area contributed by atoms with E-state index in [-0.39, 0.29) is 11.9 Å². The van der Waals surface area contributed by atoms with E-state index in [0.29, 0.717) is 6.42 Å². The molecule has 1 atom stereocenters. The van der Waals surface area contributed by atoms with Gasteiger partial charge >= 0.3 is 5.97 Å². The monoisotopic (exact) mass is 245 g/mol. The maximum atomic E-state index is 11.5. The van der Waals surface area contributed by atoms with Gasteiger partial charge < -0.3 is 9.64 Å². The molecule has 1 aromatic rings. The van der Waals surface area contributed by atoms with Crippen LogP contribution in [0, 0.1) is 5.92 Å². The number of anilines is 1. The summed E-state index contributed by atoms with van der Waals surface area (Å²) >= 11 is 0. The predicted molar refractivity (Wildman–Crippen MR) is 71.1 cm³/mol. The minimum absolute atomic E-state index is 0.114. The molecule has 1 aliphatic heterocycles. The van der Waals surface area contributed by atoms with Gasteiger partial charge in [0.2, 0.25) is 0 Å². The van der Waals surface area contributed by atoms with Gasteiger partial charge in [0.25, 0.3) is 0 Å². The molecule has 0 bridgehead atoms. The van der Waals surface area contributed by atoms with Crippen LogP contribution in [-0.2, 0) is 4.79 Å². The lowest BCUT2D eigenvalue weighted by molar-refractivity contribution is -0.135. The van der Waals surface area contributed by atoms with Crippen LogP contribution in [0.3, 0.4) is 0 Å². The summed E-state index contributed by atoms with van der Waals surface area (Å²) in [4.78, 5) is 13.7. The number of carbonyl (C=O) groups is 1. The average Bonchev–Trinajstić information content (AvgIpc) is 3.11. The SMILES string of the molecule is CC1CC(=O)Oc2cc(N(C)CC3CC3)ccc21. The summed E-state index contributed by atoms with van der Waals surface area (Å²) in [6, 6.07) is 6.24. The largest absolute Gasteiger partial charge is 0.426 e. The minimum atomic E-state index is -0.114. The Kier molecular flexibility index (Phi) is 2.77. The molecule has 1 fully saturated rings. The number of hydrogen-bond acceptors (Lipinski definition) is 3. The number of ether oxygens (including phenoxy) is 1. The fourth-order valence-electron chi connectivity index (χ4n) is 2.57. The van der Waals surface area contributed by atoms with Gasteiger partial charge in [0.1, 0.15) is 5.75 Å². The first-order valence-electron chi connectivity index (χ1n) is 6.69. The fraction of sp³-hybridized carbons (Fsp3) is 0.533. The molecule has 2 aliphatic rings. The third-order valence-electron chi connectivity index (χ3n) is 3.89. The van der Waals surface area contributed by atoms with E-state index in [2.05, 4.69) is 31.0 Å². The Morgan fingerprint density at radius 1 is 1.39 bits per heavy atom. The lowest BCUT2D eigenvalue weighted by Crippen LogP contribution is -2.22. The molecule has 1 heterocycles. The second kappa shape index (κ2) is 4.30. The van der Waals surface area contributed by atoms with Crippen LogP contribution >= 0.6 is 0 Å². The Labute approximate surface area is 108 Å². The van der Waals surface area contributed by atoms with Crippen molar-refractivity contribution in [2.75, 3.05) is 18.5 Å². The van der Waals surface area contributed by atoms with Gasteiger partial charge in [-0.2, -0.15) is 0 Å². The zero-order valence-electron chi connectivity index (χ0n) is 11.0. The standard InChI is InChI=1S/C15H19NO2/c1-10-7-15(17)18-14-8-12(5-6-13(10)14)16(2)9-11-3-4-11/h5-6,8,10-11H,3-4,7,9H2,1-2H3. The van der Waals surface area contributed by atoms with E-state index < -0.39 is 0 Å². The maximum absolute atomic E-state index is 11.5. The van der Waals surface area contributed by atoms with Crippen LogP contribution in [0.4, 0.5) is 5.69 Å². The Morgan fingerprint density at radius 3 is 2.89 bits per heavy atom. The van der Waals surface area contributed by atoms with Crippen molar-refractivity contribution < 1.29 is 9.53 Å². The number of rotatable bonds is 3. The van der Waals surface area contributed by atoms with Crippen LogP contribution in [0.1, 0.15) is 37.7 Å². The smallest absolute Gasteiger partial charge is 0.311 e. The van der Waals surface area contributed by atoms with Crippen molar-refractivity contribution in [1.29, 1.82) is 0 Å². The van der Waals surface area contributed by atoms with Gasteiger partial charge in [0.05, 0.1) is 6.42 Å².